The molecule has 2 aromatic carbocycles. The van der Waals surface area contributed by atoms with Crippen LogP contribution >= 0.6 is 0 Å². The van der Waals surface area contributed by atoms with Crippen LogP contribution in [0.5, 0.6) is 5.75 Å². The SMILES string of the molecule is Cc1cccc(-c2cc(Nc3ccc(OC(F)(F)F)cc3)ncn2)c1.NCCOCCOCCOCCOCCOCCN1CCN(C=O)CC1. The molecule has 0 aliphatic carbocycles. The molecule has 3 N–H and O–H groups in total. The van der Waals surface area contributed by atoms with Gasteiger partial charge in [0.05, 0.1) is 71.8 Å². The van der Waals surface area contributed by atoms with E-state index in [1.54, 1.807) is 11.0 Å². The number of amides is 1. The third-order valence-corrected chi connectivity index (χ3v) is 7.20. The van der Waals surface area contributed by atoms with Crippen LogP contribution in [-0.2, 0) is 28.5 Å². The Hall–Kier alpha value is -3.90. The number of alkyl halides is 3. The number of hydrogen-bond acceptors (Lipinski definition) is 12. The molecule has 4 rings (SSSR count). The van der Waals surface area contributed by atoms with Crippen molar-refractivity contribution < 1.29 is 46.4 Å². The summed E-state index contributed by atoms with van der Waals surface area (Å²) in [5.41, 5.74) is 8.71. The topological polar surface area (TPSA) is 143 Å². The molecule has 282 valence electrons. The van der Waals surface area contributed by atoms with E-state index in [2.05, 4.69) is 24.9 Å². The standard InChI is InChI=1S/C18H14F3N3O.C17H35N3O6/c1-12-3-2-4-13(9-12)16-10-17(23-11-22-16)24-14-5-7-15(8-6-14)25-18(19,20)21;18-1-7-22-9-11-24-13-15-26-16-14-25-12-10-23-8-6-19-2-4-20(17-21)5-3-19/h2-11H,1H3,(H,22,23,24);17H,1-16,18H2. The first-order chi connectivity index (χ1) is 24.8. The lowest BCUT2D eigenvalue weighted by Gasteiger charge is -2.32. The van der Waals surface area contributed by atoms with Crippen molar-refractivity contribution in [1.82, 2.24) is 19.8 Å². The number of rotatable bonds is 22. The summed E-state index contributed by atoms with van der Waals surface area (Å²) >= 11 is 0. The summed E-state index contributed by atoms with van der Waals surface area (Å²) in [5, 5.41) is 3.03. The predicted molar refractivity (Wildman–Crippen MR) is 186 cm³/mol. The van der Waals surface area contributed by atoms with Crippen LogP contribution in [-0.4, -0.2) is 138 Å². The molecule has 0 saturated carbocycles. The van der Waals surface area contributed by atoms with E-state index in [1.165, 1.54) is 30.6 Å². The van der Waals surface area contributed by atoms with Gasteiger partial charge in [0.1, 0.15) is 17.9 Å². The van der Waals surface area contributed by atoms with Crippen LogP contribution in [0.1, 0.15) is 5.56 Å². The smallest absolute Gasteiger partial charge is 0.406 e. The van der Waals surface area contributed by atoms with Crippen LogP contribution in [0.4, 0.5) is 24.7 Å². The Morgan fingerprint density at radius 2 is 1.37 bits per heavy atom. The number of halogens is 3. The number of anilines is 2. The Kier molecular flexibility index (Phi) is 19.8. The van der Waals surface area contributed by atoms with Crippen LogP contribution in [0.15, 0.2) is 60.9 Å². The zero-order valence-corrected chi connectivity index (χ0v) is 29.0. The van der Waals surface area contributed by atoms with Crippen LogP contribution < -0.4 is 15.8 Å². The number of ether oxygens (including phenoxy) is 6. The fourth-order valence-corrected chi connectivity index (χ4v) is 4.63. The molecule has 1 aliphatic heterocycles. The average Bonchev–Trinajstić information content (AvgIpc) is 3.12. The highest BCUT2D eigenvalue weighted by molar-refractivity contribution is 5.66. The predicted octanol–water partition coefficient (Wildman–Crippen LogP) is 3.90. The molecule has 0 spiro atoms. The normalized spacial score (nSPS) is 13.4. The van der Waals surface area contributed by atoms with E-state index in [-0.39, 0.29) is 5.75 Å². The maximum Gasteiger partial charge on any atom is 0.573 e. The summed E-state index contributed by atoms with van der Waals surface area (Å²) in [6, 6.07) is 15.1. The molecule has 0 unspecified atom stereocenters. The van der Waals surface area contributed by atoms with E-state index in [4.69, 9.17) is 29.4 Å². The number of nitrogens with two attached hydrogens (primary N) is 1. The lowest BCUT2D eigenvalue weighted by Crippen LogP contribution is -2.46. The second-order valence-corrected chi connectivity index (χ2v) is 11.2. The van der Waals surface area contributed by atoms with Gasteiger partial charge in [0.2, 0.25) is 6.41 Å². The number of nitrogens with one attached hydrogen (secondary N) is 1. The lowest BCUT2D eigenvalue weighted by atomic mass is 10.1. The molecule has 1 aliphatic rings. The van der Waals surface area contributed by atoms with Gasteiger partial charge in [0, 0.05) is 56.6 Å². The van der Waals surface area contributed by atoms with E-state index in [9.17, 15) is 18.0 Å². The van der Waals surface area contributed by atoms with Gasteiger partial charge in [-0.1, -0.05) is 23.8 Å². The average molecular weight is 723 g/mol. The van der Waals surface area contributed by atoms with Gasteiger partial charge in [-0.2, -0.15) is 0 Å². The van der Waals surface area contributed by atoms with Gasteiger partial charge in [-0.25, -0.2) is 9.97 Å². The number of benzene rings is 2. The first kappa shape index (κ1) is 41.5. The Bertz CT molecular complexity index is 1370. The Labute approximate surface area is 297 Å². The van der Waals surface area contributed by atoms with Crippen molar-refractivity contribution >= 4 is 17.9 Å². The molecule has 51 heavy (non-hydrogen) atoms. The van der Waals surface area contributed by atoms with Crippen LogP contribution in [0.2, 0.25) is 0 Å². The van der Waals surface area contributed by atoms with Gasteiger partial charge in [-0.05, 0) is 37.3 Å². The summed E-state index contributed by atoms with van der Waals surface area (Å²) in [5.74, 6) is 0.261. The zero-order valence-electron chi connectivity index (χ0n) is 29.0. The molecule has 13 nitrogen and oxygen atoms in total. The summed E-state index contributed by atoms with van der Waals surface area (Å²) in [7, 11) is 0. The molecule has 16 heteroatoms. The fourth-order valence-electron chi connectivity index (χ4n) is 4.63. The van der Waals surface area contributed by atoms with Crippen molar-refractivity contribution in [3.05, 3.63) is 66.5 Å². The number of carbonyl (C=O) groups excluding carboxylic acids is 1. The van der Waals surface area contributed by atoms with E-state index < -0.39 is 6.36 Å². The van der Waals surface area contributed by atoms with Crippen molar-refractivity contribution in [2.75, 3.05) is 111 Å². The molecule has 0 atom stereocenters. The summed E-state index contributed by atoms with van der Waals surface area (Å²) in [6.45, 7) is 12.6. The molecule has 1 amide bonds. The maximum absolute atomic E-state index is 12.2. The minimum absolute atomic E-state index is 0.277. The molecular weight excluding hydrogens is 673 g/mol. The molecule has 3 aromatic rings. The fraction of sp³-hybridized carbons (Fsp3) is 0.514. The van der Waals surface area contributed by atoms with Gasteiger partial charge >= 0.3 is 6.36 Å². The van der Waals surface area contributed by atoms with Crippen LogP contribution in [0.3, 0.4) is 0 Å². The minimum Gasteiger partial charge on any atom is -0.406 e. The third-order valence-electron chi connectivity index (χ3n) is 7.20. The number of aromatic nitrogens is 2. The van der Waals surface area contributed by atoms with Crippen molar-refractivity contribution in [3.63, 3.8) is 0 Å². The highest BCUT2D eigenvalue weighted by Gasteiger charge is 2.31. The minimum atomic E-state index is -4.70. The van der Waals surface area contributed by atoms with Crippen LogP contribution in [0, 0.1) is 6.92 Å². The molecule has 0 bridgehead atoms. The van der Waals surface area contributed by atoms with Gasteiger partial charge in [0.15, 0.2) is 0 Å². The van der Waals surface area contributed by atoms with Gasteiger partial charge in [0.25, 0.3) is 0 Å². The van der Waals surface area contributed by atoms with Gasteiger partial charge in [-0.15, -0.1) is 13.2 Å². The number of aryl methyl sites for hydroxylation is 1. The van der Waals surface area contributed by atoms with Crippen molar-refractivity contribution in [1.29, 1.82) is 0 Å². The van der Waals surface area contributed by atoms with E-state index >= 15 is 0 Å². The second kappa shape index (κ2) is 24.3. The Morgan fingerprint density at radius 1 is 0.784 bits per heavy atom. The summed E-state index contributed by atoms with van der Waals surface area (Å²) in [4.78, 5) is 23.1. The van der Waals surface area contributed by atoms with Crippen molar-refractivity contribution in [3.8, 4) is 17.0 Å². The van der Waals surface area contributed by atoms with Crippen molar-refractivity contribution in [2.24, 2.45) is 5.73 Å². The zero-order chi connectivity index (χ0) is 36.6. The molecule has 1 saturated heterocycles. The Balaban J connectivity index is 0.000000275. The molecule has 2 heterocycles. The first-order valence-corrected chi connectivity index (χ1v) is 16.8. The van der Waals surface area contributed by atoms with Gasteiger partial charge in [-0.3, -0.25) is 9.69 Å². The highest BCUT2D eigenvalue weighted by atomic mass is 19.4. The number of piperazine rings is 1. The summed E-state index contributed by atoms with van der Waals surface area (Å²) < 4.78 is 67.3. The van der Waals surface area contributed by atoms with E-state index in [1.807, 2.05) is 31.2 Å². The lowest BCUT2D eigenvalue weighted by molar-refractivity contribution is -0.274. The third kappa shape index (κ3) is 18.8. The molecule has 1 aromatic heterocycles. The number of carbonyl (C=O) groups is 1. The van der Waals surface area contributed by atoms with E-state index in [0.29, 0.717) is 84.1 Å². The molecular formula is C35H49F3N6O7. The monoisotopic (exact) mass is 722 g/mol. The second-order valence-electron chi connectivity index (χ2n) is 11.2. The van der Waals surface area contributed by atoms with Crippen molar-refractivity contribution in [2.45, 2.75) is 13.3 Å². The number of nitrogens with zero attached hydrogens (tertiary/aromatic N) is 4. The Morgan fingerprint density at radius 3 is 1.92 bits per heavy atom. The highest BCUT2D eigenvalue weighted by Crippen LogP contribution is 2.26. The molecule has 1 fully saturated rings. The molecule has 0 radical (unpaired) electrons. The maximum atomic E-state index is 12.2. The largest absolute Gasteiger partial charge is 0.573 e. The first-order valence-electron chi connectivity index (χ1n) is 16.8. The summed E-state index contributed by atoms with van der Waals surface area (Å²) in [6.07, 6.45) is -2.35. The quantitative estimate of drug-likeness (QED) is 0.115. The van der Waals surface area contributed by atoms with Crippen LogP contribution in [0.25, 0.3) is 11.3 Å². The van der Waals surface area contributed by atoms with Gasteiger partial charge < -0.3 is 44.4 Å². The van der Waals surface area contributed by atoms with E-state index in [0.717, 1.165) is 56.0 Å². The number of hydrogen-bond donors (Lipinski definition) is 2.